The molecule has 1 aromatic carbocycles. The lowest BCUT2D eigenvalue weighted by molar-refractivity contribution is 0.444. The summed E-state index contributed by atoms with van der Waals surface area (Å²) in [6.45, 7) is 13.1. The maximum Gasteiger partial charge on any atom is 0.133 e. The van der Waals surface area contributed by atoms with Crippen molar-refractivity contribution in [3.05, 3.63) is 21.7 Å². The van der Waals surface area contributed by atoms with Crippen molar-refractivity contribution in [2.75, 3.05) is 0 Å². The van der Waals surface area contributed by atoms with Gasteiger partial charge in [0, 0.05) is 5.56 Å². The standard InChI is InChI=1S/C13H21BrOSi/c1-8-7-9(13(2,3)4)11(15)10(14)12(8)16(5)6/h7,15-16H,1-6H3. The number of phenolic OH excluding ortho intramolecular Hbond substituents is 1. The first kappa shape index (κ1) is 13.8. The van der Waals surface area contributed by atoms with Gasteiger partial charge in [-0.1, -0.05) is 45.5 Å². The lowest BCUT2D eigenvalue weighted by Gasteiger charge is -2.24. The summed E-state index contributed by atoms with van der Waals surface area (Å²) in [5.74, 6) is 0.425. The molecule has 0 spiro atoms. The van der Waals surface area contributed by atoms with Crippen molar-refractivity contribution in [1.29, 1.82) is 0 Å². The molecule has 1 N–H and O–H groups in total. The Balaban J connectivity index is 3.52. The second-order valence-electron chi connectivity index (χ2n) is 5.72. The first-order valence-electron chi connectivity index (χ1n) is 5.68. The number of phenols is 1. The van der Waals surface area contributed by atoms with Gasteiger partial charge in [0.05, 0.1) is 13.3 Å². The average molecular weight is 301 g/mol. The predicted octanol–water partition coefficient (Wildman–Crippen LogP) is 3.45. The summed E-state index contributed by atoms with van der Waals surface area (Å²) in [5, 5.41) is 11.6. The number of hydrogen-bond acceptors (Lipinski definition) is 1. The molecule has 0 bridgehead atoms. The number of benzene rings is 1. The maximum atomic E-state index is 10.3. The fourth-order valence-corrected chi connectivity index (χ4v) is 5.60. The maximum absolute atomic E-state index is 10.3. The number of aromatic hydroxyl groups is 1. The lowest BCUT2D eigenvalue weighted by Crippen LogP contribution is -2.28. The number of hydrogen-bond donors (Lipinski definition) is 1. The fraction of sp³-hybridized carbons (Fsp3) is 0.538. The van der Waals surface area contributed by atoms with E-state index < -0.39 is 8.80 Å². The van der Waals surface area contributed by atoms with E-state index in [0.29, 0.717) is 5.75 Å². The Hall–Kier alpha value is -0.283. The fourth-order valence-electron chi connectivity index (χ4n) is 2.06. The molecule has 0 fully saturated rings. The molecule has 0 unspecified atom stereocenters. The van der Waals surface area contributed by atoms with Crippen LogP contribution in [0.3, 0.4) is 0 Å². The van der Waals surface area contributed by atoms with Crippen LogP contribution in [0, 0.1) is 6.92 Å². The second-order valence-corrected chi connectivity index (χ2v) is 9.40. The first-order valence-corrected chi connectivity index (χ1v) is 9.36. The van der Waals surface area contributed by atoms with E-state index >= 15 is 0 Å². The molecule has 0 aliphatic rings. The third kappa shape index (κ3) is 2.51. The van der Waals surface area contributed by atoms with Crippen molar-refractivity contribution in [2.45, 2.75) is 46.2 Å². The van der Waals surface area contributed by atoms with Crippen LogP contribution in [0.4, 0.5) is 0 Å². The van der Waals surface area contributed by atoms with Crippen molar-refractivity contribution in [2.24, 2.45) is 0 Å². The van der Waals surface area contributed by atoms with Crippen LogP contribution in [0.5, 0.6) is 5.75 Å². The molecule has 0 amide bonds. The van der Waals surface area contributed by atoms with Gasteiger partial charge in [-0.15, -0.1) is 0 Å². The highest BCUT2D eigenvalue weighted by molar-refractivity contribution is 9.10. The Morgan fingerprint density at radius 1 is 1.25 bits per heavy atom. The molecule has 3 heteroatoms. The molecule has 1 nitrogen and oxygen atoms in total. The van der Waals surface area contributed by atoms with Crippen molar-refractivity contribution in [3.63, 3.8) is 0 Å². The molecule has 1 aromatic rings. The van der Waals surface area contributed by atoms with Gasteiger partial charge in [0.1, 0.15) is 5.75 Å². The zero-order chi connectivity index (χ0) is 12.7. The Kier molecular flexibility index (Phi) is 3.90. The highest BCUT2D eigenvalue weighted by atomic mass is 79.9. The molecule has 1 rings (SSSR count). The number of rotatable bonds is 1. The average Bonchev–Trinajstić information content (AvgIpc) is 2.09. The monoisotopic (exact) mass is 300 g/mol. The number of halogens is 1. The third-order valence-electron chi connectivity index (χ3n) is 2.87. The minimum Gasteiger partial charge on any atom is -0.506 e. The lowest BCUT2D eigenvalue weighted by atomic mass is 9.85. The van der Waals surface area contributed by atoms with Crippen LogP contribution in [0.2, 0.25) is 13.1 Å². The molecule has 16 heavy (non-hydrogen) atoms. The zero-order valence-corrected chi connectivity index (χ0v) is 13.7. The van der Waals surface area contributed by atoms with Crippen LogP contribution in [0.1, 0.15) is 31.9 Å². The van der Waals surface area contributed by atoms with E-state index in [2.05, 4.69) is 62.8 Å². The summed E-state index contributed by atoms with van der Waals surface area (Å²) in [5.41, 5.74) is 2.31. The third-order valence-corrected chi connectivity index (χ3v) is 5.99. The predicted molar refractivity (Wildman–Crippen MR) is 77.8 cm³/mol. The molecule has 0 atom stereocenters. The van der Waals surface area contributed by atoms with Crippen LogP contribution in [0.15, 0.2) is 10.5 Å². The summed E-state index contributed by atoms with van der Waals surface area (Å²) in [6, 6.07) is 2.14. The van der Waals surface area contributed by atoms with Gasteiger partial charge >= 0.3 is 0 Å². The van der Waals surface area contributed by atoms with E-state index in [1.165, 1.54) is 10.8 Å². The van der Waals surface area contributed by atoms with E-state index in [1.807, 2.05) is 0 Å². The molecular formula is C13H21BrOSi. The van der Waals surface area contributed by atoms with Gasteiger partial charge in [0.2, 0.25) is 0 Å². The smallest absolute Gasteiger partial charge is 0.133 e. The second kappa shape index (κ2) is 4.53. The van der Waals surface area contributed by atoms with Gasteiger partial charge in [-0.25, -0.2) is 0 Å². The summed E-state index contributed by atoms with van der Waals surface area (Å²) in [7, 11) is -0.917. The SMILES string of the molecule is Cc1cc(C(C)(C)C)c(O)c(Br)c1[SiH](C)C. The van der Waals surface area contributed by atoms with E-state index in [0.717, 1.165) is 10.0 Å². The van der Waals surface area contributed by atoms with Crippen molar-refractivity contribution in [1.82, 2.24) is 0 Å². The molecule has 0 heterocycles. The van der Waals surface area contributed by atoms with Gasteiger partial charge in [-0.2, -0.15) is 0 Å². The van der Waals surface area contributed by atoms with Crippen LogP contribution in [0.25, 0.3) is 0 Å². The van der Waals surface area contributed by atoms with Crippen LogP contribution in [-0.4, -0.2) is 13.9 Å². The first-order chi connectivity index (χ1) is 7.16. The van der Waals surface area contributed by atoms with E-state index in [9.17, 15) is 5.11 Å². The zero-order valence-electron chi connectivity index (χ0n) is 11.0. The van der Waals surface area contributed by atoms with Crippen LogP contribution in [-0.2, 0) is 5.41 Å². The normalized spacial score (nSPS) is 12.2. The Labute approximate surface area is 109 Å². The van der Waals surface area contributed by atoms with Gasteiger partial charge < -0.3 is 5.11 Å². The molecule has 0 radical (unpaired) electrons. The van der Waals surface area contributed by atoms with Crippen LogP contribution >= 0.6 is 15.9 Å². The minimum atomic E-state index is -0.917. The summed E-state index contributed by atoms with van der Waals surface area (Å²) in [6.07, 6.45) is 0. The molecule has 0 aliphatic carbocycles. The van der Waals surface area contributed by atoms with Gasteiger partial charge in [-0.3, -0.25) is 0 Å². The molecule has 0 aromatic heterocycles. The topological polar surface area (TPSA) is 20.2 Å². The molecule has 90 valence electrons. The largest absolute Gasteiger partial charge is 0.506 e. The molecule has 0 aliphatic heterocycles. The van der Waals surface area contributed by atoms with E-state index in [1.54, 1.807) is 0 Å². The van der Waals surface area contributed by atoms with Crippen molar-refractivity contribution in [3.8, 4) is 5.75 Å². The van der Waals surface area contributed by atoms with Crippen molar-refractivity contribution >= 4 is 29.9 Å². The Morgan fingerprint density at radius 3 is 2.12 bits per heavy atom. The summed E-state index contributed by atoms with van der Waals surface area (Å²) >= 11 is 3.56. The summed E-state index contributed by atoms with van der Waals surface area (Å²) in [4.78, 5) is 0. The minimum absolute atomic E-state index is 0.0194. The molecular weight excluding hydrogens is 280 g/mol. The molecule has 0 saturated carbocycles. The molecule has 0 saturated heterocycles. The van der Waals surface area contributed by atoms with Gasteiger partial charge in [0.25, 0.3) is 0 Å². The van der Waals surface area contributed by atoms with Gasteiger partial charge in [-0.05, 0) is 33.5 Å². The summed E-state index contributed by atoms with van der Waals surface area (Å²) < 4.78 is 0.916. The van der Waals surface area contributed by atoms with Gasteiger partial charge in [0.15, 0.2) is 0 Å². The highest BCUT2D eigenvalue weighted by Crippen LogP contribution is 2.36. The van der Waals surface area contributed by atoms with E-state index in [-0.39, 0.29) is 5.41 Å². The Morgan fingerprint density at radius 2 is 1.75 bits per heavy atom. The van der Waals surface area contributed by atoms with Crippen molar-refractivity contribution < 1.29 is 5.11 Å². The van der Waals surface area contributed by atoms with Crippen LogP contribution < -0.4 is 5.19 Å². The van der Waals surface area contributed by atoms with E-state index in [4.69, 9.17) is 0 Å². The quantitative estimate of drug-likeness (QED) is 0.788. The highest BCUT2D eigenvalue weighted by Gasteiger charge is 2.23. The number of aryl methyl sites for hydroxylation is 1. The Bertz CT molecular complexity index is 405.